The molecule has 7 heteroatoms. The average Bonchev–Trinajstić information content (AvgIpc) is 3.01. The van der Waals surface area contributed by atoms with Crippen LogP contribution in [0.15, 0.2) is 24.3 Å². The Balaban J connectivity index is 1.72. The van der Waals surface area contributed by atoms with Crippen LogP contribution in [0.25, 0.3) is 0 Å². The first-order valence-corrected chi connectivity index (χ1v) is 10.4. The Morgan fingerprint density at radius 1 is 1.23 bits per heavy atom. The number of esters is 1. The van der Waals surface area contributed by atoms with Crippen LogP contribution in [0.1, 0.15) is 58.8 Å². The minimum Gasteiger partial charge on any atom is -0.495 e. The molecule has 1 amide bonds. The number of ether oxygens (including phenoxy) is 2. The fourth-order valence-corrected chi connectivity index (χ4v) is 4.02. The maximum Gasteiger partial charge on any atom is 0.340 e. The fourth-order valence-electron chi connectivity index (χ4n) is 4.02. The van der Waals surface area contributed by atoms with Crippen molar-refractivity contribution in [3.8, 4) is 5.75 Å². The average molecular weight is 414 g/mol. The van der Waals surface area contributed by atoms with Crippen LogP contribution in [0, 0.1) is 13.8 Å². The van der Waals surface area contributed by atoms with Crippen molar-refractivity contribution in [1.29, 1.82) is 0 Å². The zero-order valence-electron chi connectivity index (χ0n) is 18.4. The summed E-state index contributed by atoms with van der Waals surface area (Å²) >= 11 is 0. The summed E-state index contributed by atoms with van der Waals surface area (Å²) in [6, 6.07) is 7.92. The van der Waals surface area contributed by atoms with Gasteiger partial charge in [0.15, 0.2) is 0 Å². The Labute approximate surface area is 177 Å². The summed E-state index contributed by atoms with van der Waals surface area (Å²) in [6.45, 7) is 8.78. The molecule has 1 unspecified atom stereocenters. The molecule has 1 aromatic heterocycles. The van der Waals surface area contributed by atoms with E-state index in [1.54, 1.807) is 34.8 Å². The molecule has 1 fully saturated rings. The highest BCUT2D eigenvalue weighted by atomic mass is 16.5. The zero-order chi connectivity index (χ0) is 21.8. The van der Waals surface area contributed by atoms with Gasteiger partial charge in [0.25, 0.3) is 5.91 Å². The predicted octanol–water partition coefficient (Wildman–Crippen LogP) is 3.60. The number of nitrogens with zero attached hydrogens (tertiary/aromatic N) is 1. The fraction of sp³-hybridized carbons (Fsp3) is 0.478. The van der Waals surface area contributed by atoms with Crippen molar-refractivity contribution in [2.24, 2.45) is 0 Å². The van der Waals surface area contributed by atoms with Gasteiger partial charge in [-0.25, -0.2) is 4.79 Å². The Morgan fingerprint density at radius 2 is 1.97 bits per heavy atom. The highest BCUT2D eigenvalue weighted by Crippen LogP contribution is 2.30. The molecule has 1 saturated heterocycles. The zero-order valence-corrected chi connectivity index (χ0v) is 18.4. The quantitative estimate of drug-likeness (QED) is 0.707. The second kappa shape index (κ2) is 9.24. The van der Waals surface area contributed by atoms with E-state index >= 15 is 0 Å². The Hall–Kier alpha value is -2.96. The first kappa shape index (κ1) is 21.7. The lowest BCUT2D eigenvalue weighted by molar-refractivity contribution is 0.0376. The number of aromatic nitrogens is 1. The monoisotopic (exact) mass is 413 g/mol. The number of hydrogen-bond acceptors (Lipinski definition) is 5. The van der Waals surface area contributed by atoms with E-state index in [0.29, 0.717) is 29.1 Å². The van der Waals surface area contributed by atoms with E-state index in [1.165, 1.54) is 0 Å². The van der Waals surface area contributed by atoms with Crippen molar-refractivity contribution in [2.45, 2.75) is 52.7 Å². The van der Waals surface area contributed by atoms with Crippen LogP contribution in [-0.4, -0.2) is 49.2 Å². The van der Waals surface area contributed by atoms with Gasteiger partial charge in [0, 0.05) is 24.8 Å². The summed E-state index contributed by atoms with van der Waals surface area (Å²) in [6.07, 6.45) is 1.66. The first-order chi connectivity index (χ1) is 14.3. The van der Waals surface area contributed by atoms with E-state index in [4.69, 9.17) is 9.47 Å². The van der Waals surface area contributed by atoms with Crippen LogP contribution >= 0.6 is 0 Å². The smallest absolute Gasteiger partial charge is 0.340 e. The number of H-pyrrole nitrogens is 1. The third kappa shape index (κ3) is 4.61. The summed E-state index contributed by atoms with van der Waals surface area (Å²) in [5, 5.41) is 3.13. The van der Waals surface area contributed by atoms with Gasteiger partial charge < -0.3 is 24.7 Å². The van der Waals surface area contributed by atoms with Crippen molar-refractivity contribution in [1.82, 2.24) is 10.3 Å². The lowest BCUT2D eigenvalue weighted by Crippen LogP contribution is -2.48. The number of amides is 1. The standard InChI is InChI=1S/C23H31N3O4/c1-14(2)30-23(28)20-15(3)21(24-16(20)4)22(27)25-17-9-8-12-26(13-17)18-10-6-7-11-19(18)29-5/h6-7,10-11,14,17,24H,8-9,12-13H2,1-5H3,(H,25,27). The summed E-state index contributed by atoms with van der Waals surface area (Å²) < 4.78 is 10.8. The largest absolute Gasteiger partial charge is 0.495 e. The highest BCUT2D eigenvalue weighted by molar-refractivity contribution is 6.00. The molecule has 1 atom stereocenters. The summed E-state index contributed by atoms with van der Waals surface area (Å²) in [7, 11) is 1.67. The second-order valence-electron chi connectivity index (χ2n) is 8.01. The minimum absolute atomic E-state index is 0.00485. The molecule has 0 spiro atoms. The van der Waals surface area contributed by atoms with E-state index in [1.807, 2.05) is 24.3 Å². The lowest BCUT2D eigenvalue weighted by atomic mass is 10.0. The number of rotatable bonds is 6. The van der Waals surface area contributed by atoms with Crippen LogP contribution in [-0.2, 0) is 4.74 Å². The summed E-state index contributed by atoms with van der Waals surface area (Å²) in [5.41, 5.74) is 3.14. The van der Waals surface area contributed by atoms with Gasteiger partial charge in [-0.15, -0.1) is 0 Å². The molecule has 30 heavy (non-hydrogen) atoms. The summed E-state index contributed by atoms with van der Waals surface area (Å²) in [4.78, 5) is 30.7. The minimum atomic E-state index is -0.407. The number of carbonyl (C=O) groups is 2. The van der Waals surface area contributed by atoms with Crippen LogP contribution < -0.4 is 15.0 Å². The molecular formula is C23H31N3O4. The molecule has 0 radical (unpaired) electrons. The number of carbonyl (C=O) groups excluding carboxylic acids is 2. The maximum absolute atomic E-state index is 13.0. The van der Waals surface area contributed by atoms with E-state index in [2.05, 4.69) is 15.2 Å². The van der Waals surface area contributed by atoms with Crippen LogP contribution in [0.5, 0.6) is 5.75 Å². The van der Waals surface area contributed by atoms with Gasteiger partial charge >= 0.3 is 5.97 Å². The Morgan fingerprint density at radius 3 is 2.67 bits per heavy atom. The maximum atomic E-state index is 13.0. The molecule has 162 valence electrons. The second-order valence-corrected chi connectivity index (χ2v) is 8.01. The number of para-hydroxylation sites is 2. The lowest BCUT2D eigenvalue weighted by Gasteiger charge is -2.35. The number of methoxy groups -OCH3 is 1. The number of benzene rings is 1. The van der Waals surface area contributed by atoms with Crippen molar-refractivity contribution in [2.75, 3.05) is 25.1 Å². The topological polar surface area (TPSA) is 83.7 Å². The number of nitrogens with one attached hydrogen (secondary N) is 2. The van der Waals surface area contributed by atoms with Crippen LogP contribution in [0.4, 0.5) is 5.69 Å². The van der Waals surface area contributed by atoms with Crippen molar-refractivity contribution >= 4 is 17.6 Å². The normalized spacial score (nSPS) is 16.5. The third-order valence-electron chi connectivity index (χ3n) is 5.39. The Bertz CT molecular complexity index is 919. The van der Waals surface area contributed by atoms with Gasteiger partial charge in [0.1, 0.15) is 11.4 Å². The highest BCUT2D eigenvalue weighted by Gasteiger charge is 2.27. The van der Waals surface area contributed by atoms with Gasteiger partial charge in [0.2, 0.25) is 0 Å². The Kier molecular flexibility index (Phi) is 6.70. The van der Waals surface area contributed by atoms with Crippen LogP contribution in [0.2, 0.25) is 0 Å². The number of hydrogen-bond donors (Lipinski definition) is 2. The predicted molar refractivity (Wildman–Crippen MR) is 117 cm³/mol. The van der Waals surface area contributed by atoms with Crippen molar-refractivity contribution < 1.29 is 19.1 Å². The van der Waals surface area contributed by atoms with Crippen LogP contribution in [0.3, 0.4) is 0 Å². The molecular weight excluding hydrogens is 382 g/mol. The molecule has 0 saturated carbocycles. The summed E-state index contributed by atoms with van der Waals surface area (Å²) in [5.74, 6) is 0.218. The van der Waals surface area contributed by atoms with Gasteiger partial charge in [-0.1, -0.05) is 12.1 Å². The van der Waals surface area contributed by atoms with Gasteiger partial charge in [-0.05, 0) is 58.2 Å². The molecule has 2 N–H and O–H groups in total. The van der Waals surface area contributed by atoms with Gasteiger partial charge in [-0.3, -0.25) is 4.79 Å². The van der Waals surface area contributed by atoms with Gasteiger partial charge in [0.05, 0.1) is 24.5 Å². The molecule has 0 bridgehead atoms. The van der Waals surface area contributed by atoms with E-state index < -0.39 is 5.97 Å². The number of aromatic amines is 1. The third-order valence-corrected chi connectivity index (χ3v) is 5.39. The molecule has 1 aliphatic heterocycles. The van der Waals surface area contributed by atoms with Gasteiger partial charge in [-0.2, -0.15) is 0 Å². The molecule has 2 heterocycles. The molecule has 1 aromatic carbocycles. The van der Waals surface area contributed by atoms with E-state index in [0.717, 1.165) is 30.8 Å². The number of aryl methyl sites for hydroxylation is 1. The molecule has 1 aliphatic rings. The van der Waals surface area contributed by atoms with E-state index in [-0.39, 0.29) is 18.1 Å². The van der Waals surface area contributed by atoms with Crippen molar-refractivity contribution in [3.63, 3.8) is 0 Å². The van der Waals surface area contributed by atoms with E-state index in [9.17, 15) is 9.59 Å². The molecule has 0 aliphatic carbocycles. The SMILES string of the molecule is COc1ccccc1N1CCCC(NC(=O)c2[nH]c(C)c(C(=O)OC(C)C)c2C)C1. The molecule has 7 nitrogen and oxygen atoms in total. The number of anilines is 1. The molecule has 2 aromatic rings. The van der Waals surface area contributed by atoms with Crippen molar-refractivity contribution in [3.05, 3.63) is 46.8 Å². The molecule has 3 rings (SSSR count). The number of piperidine rings is 1. The first-order valence-electron chi connectivity index (χ1n) is 10.4.